The number of fused-ring (bicyclic) bond motifs is 1. The van der Waals surface area contributed by atoms with Crippen molar-refractivity contribution in [3.8, 4) is 0 Å². The Morgan fingerprint density at radius 3 is 2.83 bits per heavy atom. The lowest BCUT2D eigenvalue weighted by Crippen LogP contribution is -2.61. The van der Waals surface area contributed by atoms with Gasteiger partial charge in [0.1, 0.15) is 6.61 Å². The normalized spacial score (nSPS) is 30.3. The molecule has 0 N–H and O–H groups in total. The third-order valence-corrected chi connectivity index (χ3v) is 5.69. The summed E-state index contributed by atoms with van der Waals surface area (Å²) in [5.41, 5.74) is 0. The monoisotopic (exact) mass is 276 g/mol. The summed E-state index contributed by atoms with van der Waals surface area (Å²) in [6.07, 6.45) is 1.24. The Balaban J connectivity index is 2.10. The molecule has 7 heteroatoms. The second-order valence-electron chi connectivity index (χ2n) is 4.88. The van der Waals surface area contributed by atoms with Crippen LogP contribution in [0.15, 0.2) is 0 Å². The number of likely N-dealkylation sites (N-methyl/N-ethyl adjacent to an activating group) is 1. The molecule has 0 unspecified atom stereocenters. The van der Waals surface area contributed by atoms with Crippen LogP contribution < -0.4 is 0 Å². The van der Waals surface area contributed by atoms with Gasteiger partial charge in [0.15, 0.2) is 0 Å². The van der Waals surface area contributed by atoms with Crippen LogP contribution in [0.25, 0.3) is 0 Å². The van der Waals surface area contributed by atoms with E-state index in [9.17, 15) is 13.2 Å². The fourth-order valence-electron chi connectivity index (χ4n) is 2.55. The number of hydrogen-bond donors (Lipinski definition) is 0. The molecule has 2 rings (SSSR count). The summed E-state index contributed by atoms with van der Waals surface area (Å²) in [6.45, 7) is 2.81. The number of carbonyl (C=O) groups excluding carboxylic acids is 1. The largest absolute Gasteiger partial charge is 0.366 e. The summed E-state index contributed by atoms with van der Waals surface area (Å²) >= 11 is 0. The predicted molar refractivity (Wildman–Crippen MR) is 66.6 cm³/mol. The zero-order chi connectivity index (χ0) is 13.3. The number of amides is 1. The van der Waals surface area contributed by atoms with Crippen molar-refractivity contribution >= 4 is 15.9 Å². The Morgan fingerprint density at radius 1 is 1.44 bits per heavy atom. The number of rotatable bonds is 3. The molecule has 2 atom stereocenters. The van der Waals surface area contributed by atoms with Crippen molar-refractivity contribution in [3.63, 3.8) is 0 Å². The maximum Gasteiger partial charge on any atom is 0.248 e. The topological polar surface area (TPSA) is 66.9 Å². The molecule has 2 saturated heterocycles. The molecule has 2 fully saturated rings. The highest BCUT2D eigenvalue weighted by Crippen LogP contribution is 2.24. The lowest BCUT2D eigenvalue weighted by Gasteiger charge is -2.44. The van der Waals surface area contributed by atoms with Crippen molar-refractivity contribution in [1.82, 2.24) is 9.21 Å². The van der Waals surface area contributed by atoms with Gasteiger partial charge in [-0.2, -0.15) is 4.31 Å². The van der Waals surface area contributed by atoms with E-state index in [0.717, 1.165) is 0 Å². The van der Waals surface area contributed by atoms with E-state index in [2.05, 4.69) is 0 Å². The zero-order valence-corrected chi connectivity index (χ0v) is 11.6. The Bertz CT molecular complexity index is 423. The fourth-order valence-corrected chi connectivity index (χ4v) is 4.09. The molecule has 0 aromatic rings. The molecule has 0 saturated carbocycles. The van der Waals surface area contributed by atoms with Crippen molar-refractivity contribution in [3.05, 3.63) is 0 Å². The van der Waals surface area contributed by atoms with Crippen molar-refractivity contribution < 1.29 is 17.9 Å². The number of hydrogen-bond acceptors (Lipinski definition) is 4. The molecule has 6 nitrogen and oxygen atoms in total. The molecule has 0 aromatic carbocycles. The molecule has 0 aliphatic carbocycles. The number of carbonyl (C=O) groups is 1. The van der Waals surface area contributed by atoms with E-state index in [1.54, 1.807) is 11.9 Å². The van der Waals surface area contributed by atoms with E-state index in [0.29, 0.717) is 25.9 Å². The van der Waals surface area contributed by atoms with Gasteiger partial charge in [0, 0.05) is 20.1 Å². The number of nitrogens with zero attached hydrogens (tertiary/aromatic N) is 2. The van der Waals surface area contributed by atoms with E-state index < -0.39 is 10.0 Å². The Labute approximate surface area is 108 Å². The van der Waals surface area contributed by atoms with Gasteiger partial charge in [-0.25, -0.2) is 8.42 Å². The maximum atomic E-state index is 12.0. The second-order valence-corrected chi connectivity index (χ2v) is 6.97. The summed E-state index contributed by atoms with van der Waals surface area (Å²) in [7, 11) is -1.46. The molecule has 104 valence electrons. The second kappa shape index (κ2) is 5.14. The van der Waals surface area contributed by atoms with Crippen LogP contribution in [0.3, 0.4) is 0 Å². The number of ether oxygens (including phenoxy) is 1. The van der Waals surface area contributed by atoms with Gasteiger partial charge >= 0.3 is 0 Å². The quantitative estimate of drug-likeness (QED) is 0.707. The summed E-state index contributed by atoms with van der Waals surface area (Å²) < 4.78 is 31.0. The van der Waals surface area contributed by atoms with Crippen molar-refractivity contribution in [2.45, 2.75) is 31.9 Å². The van der Waals surface area contributed by atoms with Crippen molar-refractivity contribution in [1.29, 1.82) is 0 Å². The van der Waals surface area contributed by atoms with Crippen molar-refractivity contribution in [2.75, 3.05) is 32.5 Å². The fraction of sp³-hybridized carbons (Fsp3) is 0.909. The van der Waals surface area contributed by atoms with Gasteiger partial charge < -0.3 is 9.64 Å². The smallest absolute Gasteiger partial charge is 0.248 e. The van der Waals surface area contributed by atoms with Crippen molar-refractivity contribution in [2.24, 2.45) is 0 Å². The summed E-state index contributed by atoms with van der Waals surface area (Å²) in [6, 6.07) is -0.147. The van der Waals surface area contributed by atoms with Gasteiger partial charge in [0.2, 0.25) is 15.9 Å². The van der Waals surface area contributed by atoms with Crippen LogP contribution in [0.1, 0.15) is 19.8 Å². The van der Waals surface area contributed by atoms with Gasteiger partial charge in [-0.05, 0) is 12.8 Å². The standard InChI is InChI=1S/C11H20N2O4S/c1-3-6-18(15,16)13-5-4-10-9(7-13)12(2)11(14)8-17-10/h9-10H,3-8H2,1-2H3/t9-,10+/m0/s1. The van der Waals surface area contributed by atoms with E-state index in [4.69, 9.17) is 4.74 Å². The first-order valence-corrected chi connectivity index (χ1v) is 7.91. The first kappa shape index (κ1) is 13.8. The minimum Gasteiger partial charge on any atom is -0.366 e. The molecule has 0 radical (unpaired) electrons. The minimum absolute atomic E-state index is 0.0271. The highest BCUT2D eigenvalue weighted by Gasteiger charge is 2.41. The lowest BCUT2D eigenvalue weighted by molar-refractivity contribution is -0.158. The van der Waals surface area contributed by atoms with Gasteiger partial charge in [-0.15, -0.1) is 0 Å². The molecule has 2 aliphatic rings. The van der Waals surface area contributed by atoms with Crippen LogP contribution in [0, 0.1) is 0 Å². The van der Waals surface area contributed by atoms with E-state index >= 15 is 0 Å². The average Bonchev–Trinajstić information content (AvgIpc) is 2.33. The zero-order valence-electron chi connectivity index (χ0n) is 10.8. The summed E-state index contributed by atoms with van der Waals surface area (Å²) in [5.74, 6) is 0.0918. The molecular formula is C11H20N2O4S. The first-order valence-electron chi connectivity index (χ1n) is 6.31. The van der Waals surface area contributed by atoms with Crippen LogP contribution >= 0.6 is 0 Å². The van der Waals surface area contributed by atoms with E-state index in [1.165, 1.54) is 4.31 Å². The van der Waals surface area contributed by atoms with Crippen LogP contribution in [-0.2, 0) is 19.6 Å². The SMILES string of the molecule is CCCS(=O)(=O)N1CC[C@H]2OCC(=O)N(C)[C@H]2C1. The van der Waals surface area contributed by atoms with Crippen LogP contribution in [0.5, 0.6) is 0 Å². The third kappa shape index (κ3) is 2.53. The van der Waals surface area contributed by atoms with Crippen LogP contribution in [0.2, 0.25) is 0 Å². The Morgan fingerprint density at radius 2 is 2.17 bits per heavy atom. The molecule has 0 bridgehead atoms. The van der Waals surface area contributed by atoms with Gasteiger partial charge in [-0.3, -0.25) is 4.79 Å². The number of morpholine rings is 1. The molecular weight excluding hydrogens is 256 g/mol. The minimum atomic E-state index is -3.19. The van der Waals surface area contributed by atoms with Gasteiger partial charge in [0.25, 0.3) is 0 Å². The molecule has 18 heavy (non-hydrogen) atoms. The predicted octanol–water partition coefficient (Wildman–Crippen LogP) is -0.342. The summed E-state index contributed by atoms with van der Waals surface area (Å²) in [5, 5.41) is 0. The molecule has 0 aromatic heterocycles. The van der Waals surface area contributed by atoms with E-state index in [-0.39, 0.29) is 30.4 Å². The first-order chi connectivity index (χ1) is 8.45. The molecule has 1 amide bonds. The maximum absolute atomic E-state index is 12.0. The third-order valence-electron chi connectivity index (χ3n) is 3.65. The summed E-state index contributed by atoms with van der Waals surface area (Å²) in [4.78, 5) is 13.2. The van der Waals surface area contributed by atoms with Gasteiger partial charge in [-0.1, -0.05) is 6.92 Å². The van der Waals surface area contributed by atoms with Gasteiger partial charge in [0.05, 0.1) is 17.9 Å². The Hall–Kier alpha value is -0.660. The molecule has 2 heterocycles. The van der Waals surface area contributed by atoms with Crippen LogP contribution in [0.4, 0.5) is 0 Å². The molecule has 0 spiro atoms. The van der Waals surface area contributed by atoms with Crippen LogP contribution in [-0.4, -0.2) is 68.2 Å². The van der Waals surface area contributed by atoms with E-state index in [1.807, 2.05) is 6.92 Å². The highest BCUT2D eigenvalue weighted by molar-refractivity contribution is 7.89. The lowest BCUT2D eigenvalue weighted by atomic mass is 10.0. The number of sulfonamides is 1. The highest BCUT2D eigenvalue weighted by atomic mass is 32.2. The average molecular weight is 276 g/mol. The Kier molecular flexibility index (Phi) is 3.93. The molecule has 2 aliphatic heterocycles. The number of piperidine rings is 1.